The number of halogens is 1. The Hall–Kier alpha value is -2.71. The van der Waals surface area contributed by atoms with Gasteiger partial charge in [-0.15, -0.1) is 11.3 Å². The van der Waals surface area contributed by atoms with Gasteiger partial charge in [-0.1, -0.05) is 0 Å². The maximum atomic E-state index is 12.9. The van der Waals surface area contributed by atoms with Crippen LogP contribution in [-0.4, -0.2) is 24.7 Å². The molecule has 0 unspecified atom stereocenters. The molecule has 0 aliphatic carbocycles. The van der Waals surface area contributed by atoms with E-state index < -0.39 is 0 Å². The highest BCUT2D eigenvalue weighted by Crippen LogP contribution is 2.33. The maximum absolute atomic E-state index is 12.9. The summed E-state index contributed by atoms with van der Waals surface area (Å²) >= 11 is 5.13. The van der Waals surface area contributed by atoms with E-state index in [9.17, 15) is 4.79 Å². The van der Waals surface area contributed by atoms with E-state index in [1.54, 1.807) is 37.9 Å². The molecule has 0 atom stereocenters. The van der Waals surface area contributed by atoms with Crippen molar-refractivity contribution in [1.29, 1.82) is 0 Å². The van der Waals surface area contributed by atoms with E-state index >= 15 is 0 Å². The SMILES string of the molecule is COc1cc(Cn2c(C(=O)NCc3ccco3)cc3sc(Br)cc32)cc(OC)c1. The van der Waals surface area contributed by atoms with E-state index in [4.69, 9.17) is 13.9 Å². The highest BCUT2D eigenvalue weighted by Gasteiger charge is 2.18. The van der Waals surface area contributed by atoms with Gasteiger partial charge in [0.2, 0.25) is 0 Å². The van der Waals surface area contributed by atoms with Crippen molar-refractivity contribution in [2.24, 2.45) is 0 Å². The first-order valence-corrected chi connectivity index (χ1v) is 10.5. The van der Waals surface area contributed by atoms with E-state index in [0.29, 0.717) is 36.0 Å². The number of aromatic nitrogens is 1. The zero-order chi connectivity index (χ0) is 20.4. The van der Waals surface area contributed by atoms with Crippen LogP contribution in [0.4, 0.5) is 0 Å². The molecule has 4 aromatic rings. The van der Waals surface area contributed by atoms with Crippen LogP contribution in [0.5, 0.6) is 11.5 Å². The number of carbonyl (C=O) groups is 1. The van der Waals surface area contributed by atoms with Gasteiger partial charge in [0, 0.05) is 12.6 Å². The van der Waals surface area contributed by atoms with E-state index in [1.165, 1.54) is 0 Å². The first kappa shape index (κ1) is 19.6. The third-order valence-corrected chi connectivity index (χ3v) is 6.12. The van der Waals surface area contributed by atoms with Gasteiger partial charge in [0.1, 0.15) is 23.0 Å². The number of fused-ring (bicyclic) bond motifs is 1. The third kappa shape index (κ3) is 4.18. The number of furan rings is 1. The molecule has 1 amide bonds. The molecule has 8 heteroatoms. The van der Waals surface area contributed by atoms with Gasteiger partial charge in [0.15, 0.2) is 0 Å². The van der Waals surface area contributed by atoms with Crippen molar-refractivity contribution in [3.8, 4) is 11.5 Å². The van der Waals surface area contributed by atoms with Crippen molar-refractivity contribution in [3.63, 3.8) is 0 Å². The van der Waals surface area contributed by atoms with Gasteiger partial charge in [-0.05, 0) is 57.9 Å². The Kier molecular flexibility index (Phi) is 5.64. The first-order chi connectivity index (χ1) is 14.1. The van der Waals surface area contributed by atoms with Gasteiger partial charge in [0.25, 0.3) is 5.91 Å². The smallest absolute Gasteiger partial charge is 0.268 e. The van der Waals surface area contributed by atoms with Gasteiger partial charge in [0.05, 0.1) is 41.0 Å². The van der Waals surface area contributed by atoms with Crippen LogP contribution in [-0.2, 0) is 13.1 Å². The van der Waals surface area contributed by atoms with Crippen molar-refractivity contribution in [2.75, 3.05) is 14.2 Å². The minimum absolute atomic E-state index is 0.157. The molecule has 3 heterocycles. The van der Waals surface area contributed by atoms with Crippen LogP contribution in [0.1, 0.15) is 21.8 Å². The lowest BCUT2D eigenvalue weighted by Crippen LogP contribution is -2.25. The first-order valence-electron chi connectivity index (χ1n) is 8.88. The molecule has 150 valence electrons. The number of hydrogen-bond donors (Lipinski definition) is 1. The summed E-state index contributed by atoms with van der Waals surface area (Å²) < 4.78 is 20.1. The number of thiophene rings is 1. The summed E-state index contributed by atoms with van der Waals surface area (Å²) in [5.41, 5.74) is 2.56. The van der Waals surface area contributed by atoms with E-state index in [2.05, 4.69) is 21.2 Å². The lowest BCUT2D eigenvalue weighted by atomic mass is 10.2. The highest BCUT2D eigenvalue weighted by atomic mass is 79.9. The quantitative estimate of drug-likeness (QED) is 0.406. The molecule has 4 rings (SSSR count). The fraction of sp³-hybridized carbons (Fsp3) is 0.190. The Labute approximate surface area is 180 Å². The number of nitrogens with one attached hydrogen (secondary N) is 1. The average Bonchev–Trinajstić information content (AvgIpc) is 3.43. The number of hydrogen-bond acceptors (Lipinski definition) is 5. The van der Waals surface area contributed by atoms with Crippen LogP contribution in [0, 0.1) is 0 Å². The minimum atomic E-state index is -0.157. The molecule has 1 N–H and O–H groups in total. The predicted octanol–water partition coefficient (Wildman–Crippen LogP) is 5.05. The van der Waals surface area contributed by atoms with Crippen molar-refractivity contribution < 1.29 is 18.7 Å². The number of nitrogens with zero attached hydrogens (tertiary/aromatic N) is 1. The minimum Gasteiger partial charge on any atom is -0.497 e. The zero-order valence-electron chi connectivity index (χ0n) is 15.9. The van der Waals surface area contributed by atoms with E-state index in [-0.39, 0.29) is 5.91 Å². The Balaban J connectivity index is 1.68. The number of ether oxygens (including phenoxy) is 2. The van der Waals surface area contributed by atoms with E-state index in [1.807, 2.05) is 41.0 Å². The molecule has 6 nitrogen and oxygen atoms in total. The summed E-state index contributed by atoms with van der Waals surface area (Å²) in [6.07, 6.45) is 1.59. The van der Waals surface area contributed by atoms with Crippen molar-refractivity contribution >= 4 is 43.4 Å². The zero-order valence-corrected chi connectivity index (χ0v) is 18.3. The summed E-state index contributed by atoms with van der Waals surface area (Å²) in [6.45, 7) is 0.838. The molecule has 0 aliphatic heterocycles. The van der Waals surface area contributed by atoms with Crippen molar-refractivity contribution in [2.45, 2.75) is 13.1 Å². The summed E-state index contributed by atoms with van der Waals surface area (Å²) in [7, 11) is 3.24. The van der Waals surface area contributed by atoms with Gasteiger partial charge in [-0.3, -0.25) is 4.79 Å². The molecule has 3 aromatic heterocycles. The van der Waals surface area contributed by atoms with Crippen LogP contribution in [0.2, 0.25) is 0 Å². The third-order valence-electron chi connectivity index (χ3n) is 4.55. The molecule has 0 aliphatic rings. The van der Waals surface area contributed by atoms with Crippen LogP contribution >= 0.6 is 27.3 Å². The monoisotopic (exact) mass is 474 g/mol. The molecule has 1 aromatic carbocycles. The lowest BCUT2D eigenvalue weighted by Gasteiger charge is -2.13. The molecular weight excluding hydrogens is 456 g/mol. The second kappa shape index (κ2) is 8.34. The standard InChI is InChI=1S/C21H19BrN2O4S/c1-26-15-6-13(7-16(8-15)27-2)12-24-17-10-20(22)29-19(17)9-18(24)21(25)23-11-14-4-3-5-28-14/h3-10H,11-12H2,1-2H3,(H,23,25). The van der Waals surface area contributed by atoms with Crippen molar-refractivity contribution in [3.05, 3.63) is 69.5 Å². The largest absolute Gasteiger partial charge is 0.497 e. The Bertz CT molecular complexity index is 1130. The van der Waals surface area contributed by atoms with Crippen molar-refractivity contribution in [1.82, 2.24) is 9.88 Å². The molecule has 29 heavy (non-hydrogen) atoms. The summed E-state index contributed by atoms with van der Waals surface area (Å²) in [5, 5.41) is 2.93. The Morgan fingerprint density at radius 1 is 1.17 bits per heavy atom. The lowest BCUT2D eigenvalue weighted by molar-refractivity contribution is 0.0939. The summed E-state index contributed by atoms with van der Waals surface area (Å²) in [4.78, 5) is 12.9. The molecule has 0 fully saturated rings. The predicted molar refractivity (Wildman–Crippen MR) is 116 cm³/mol. The second-order valence-electron chi connectivity index (χ2n) is 6.40. The van der Waals surface area contributed by atoms with Gasteiger partial charge in [-0.2, -0.15) is 0 Å². The Morgan fingerprint density at radius 3 is 2.59 bits per heavy atom. The number of methoxy groups -OCH3 is 2. The molecule has 0 saturated carbocycles. The molecule has 0 bridgehead atoms. The van der Waals surface area contributed by atoms with Gasteiger partial charge >= 0.3 is 0 Å². The molecular formula is C21H19BrN2O4S. The van der Waals surface area contributed by atoms with Crippen LogP contribution in [0.25, 0.3) is 10.2 Å². The number of benzene rings is 1. The summed E-state index contributed by atoms with van der Waals surface area (Å²) in [6, 6.07) is 13.3. The second-order valence-corrected chi connectivity index (χ2v) is 8.86. The summed E-state index contributed by atoms with van der Waals surface area (Å²) in [5.74, 6) is 1.96. The van der Waals surface area contributed by atoms with Crippen LogP contribution < -0.4 is 14.8 Å². The fourth-order valence-electron chi connectivity index (χ4n) is 3.18. The average molecular weight is 475 g/mol. The van der Waals surface area contributed by atoms with E-state index in [0.717, 1.165) is 19.6 Å². The highest BCUT2D eigenvalue weighted by molar-refractivity contribution is 9.11. The normalized spacial score (nSPS) is 11.0. The van der Waals surface area contributed by atoms with Gasteiger partial charge < -0.3 is 23.8 Å². The molecule has 0 spiro atoms. The van der Waals surface area contributed by atoms with Crippen LogP contribution in [0.3, 0.4) is 0 Å². The number of rotatable bonds is 7. The van der Waals surface area contributed by atoms with Crippen LogP contribution in [0.15, 0.2) is 56.9 Å². The fourth-order valence-corrected chi connectivity index (χ4v) is 4.75. The molecule has 0 saturated heterocycles. The number of carbonyl (C=O) groups excluding carboxylic acids is 1. The Morgan fingerprint density at radius 2 is 1.93 bits per heavy atom. The molecule has 0 radical (unpaired) electrons. The topological polar surface area (TPSA) is 65.6 Å². The number of amides is 1. The maximum Gasteiger partial charge on any atom is 0.268 e. The van der Waals surface area contributed by atoms with Gasteiger partial charge in [-0.25, -0.2) is 0 Å².